The molecule has 0 aliphatic rings. The molecule has 6 heteroatoms. The van der Waals surface area contributed by atoms with Crippen LogP contribution in [0.3, 0.4) is 0 Å². The summed E-state index contributed by atoms with van der Waals surface area (Å²) in [5, 5.41) is 2.97. The molecule has 2 aromatic rings. The van der Waals surface area contributed by atoms with Gasteiger partial charge >= 0.3 is 0 Å². The summed E-state index contributed by atoms with van der Waals surface area (Å²) in [5.74, 6) is -3.91. The molecular formula is C13H12F3N3. The van der Waals surface area contributed by atoms with Crippen molar-refractivity contribution in [3.63, 3.8) is 0 Å². The van der Waals surface area contributed by atoms with Crippen molar-refractivity contribution in [2.45, 2.75) is 13.0 Å². The number of benzene rings is 1. The van der Waals surface area contributed by atoms with E-state index in [4.69, 9.17) is 0 Å². The Morgan fingerprint density at radius 1 is 1.16 bits per heavy atom. The fourth-order valence-electron chi connectivity index (χ4n) is 1.80. The van der Waals surface area contributed by atoms with Gasteiger partial charge in [-0.05, 0) is 12.6 Å². The number of nitrogens with one attached hydrogen (secondary N) is 1. The molecular weight excluding hydrogens is 255 g/mol. The molecule has 0 radical (unpaired) electrons. The lowest BCUT2D eigenvalue weighted by atomic mass is 10.0. The van der Waals surface area contributed by atoms with Gasteiger partial charge in [-0.3, -0.25) is 9.97 Å². The van der Waals surface area contributed by atoms with Gasteiger partial charge in [0.05, 0.1) is 17.9 Å². The van der Waals surface area contributed by atoms with Gasteiger partial charge in [0.1, 0.15) is 0 Å². The average molecular weight is 267 g/mol. The molecule has 0 saturated carbocycles. The van der Waals surface area contributed by atoms with Crippen LogP contribution in [0.25, 0.3) is 0 Å². The third-order valence-corrected chi connectivity index (χ3v) is 2.66. The van der Waals surface area contributed by atoms with Crippen LogP contribution in [0.2, 0.25) is 0 Å². The van der Waals surface area contributed by atoms with Crippen LogP contribution in [-0.2, 0) is 0 Å². The molecule has 19 heavy (non-hydrogen) atoms. The van der Waals surface area contributed by atoms with Crippen LogP contribution in [0.5, 0.6) is 0 Å². The first-order chi connectivity index (χ1) is 9.15. The van der Waals surface area contributed by atoms with Crippen molar-refractivity contribution in [2.24, 2.45) is 0 Å². The first-order valence-corrected chi connectivity index (χ1v) is 5.77. The maximum absolute atomic E-state index is 13.8. The van der Waals surface area contributed by atoms with E-state index in [1.165, 1.54) is 24.7 Å². The molecule has 1 aromatic heterocycles. The standard InChI is InChI=1S/C13H12F3N3/c1-2-18-13(10-7-17-5-6-19-10)8-3-4-9(14)12(16)11(8)15/h3-7,13,18H,2H2,1H3. The summed E-state index contributed by atoms with van der Waals surface area (Å²) in [6.07, 6.45) is 4.39. The Labute approximate surface area is 108 Å². The van der Waals surface area contributed by atoms with Gasteiger partial charge in [0.15, 0.2) is 17.5 Å². The van der Waals surface area contributed by atoms with E-state index < -0.39 is 23.5 Å². The van der Waals surface area contributed by atoms with Crippen LogP contribution in [0.1, 0.15) is 24.2 Å². The predicted octanol–water partition coefficient (Wildman–Crippen LogP) is 2.59. The molecule has 1 unspecified atom stereocenters. The van der Waals surface area contributed by atoms with E-state index in [1.54, 1.807) is 0 Å². The van der Waals surface area contributed by atoms with Gasteiger partial charge in [-0.25, -0.2) is 13.2 Å². The molecule has 1 N–H and O–H groups in total. The van der Waals surface area contributed by atoms with Crippen molar-refractivity contribution in [1.82, 2.24) is 15.3 Å². The fraction of sp³-hybridized carbons (Fsp3) is 0.231. The van der Waals surface area contributed by atoms with E-state index >= 15 is 0 Å². The number of nitrogens with zero attached hydrogens (tertiary/aromatic N) is 2. The van der Waals surface area contributed by atoms with Gasteiger partial charge < -0.3 is 5.32 Å². The molecule has 1 atom stereocenters. The van der Waals surface area contributed by atoms with Crippen LogP contribution in [-0.4, -0.2) is 16.5 Å². The Balaban J connectivity index is 2.49. The van der Waals surface area contributed by atoms with Gasteiger partial charge in [0, 0.05) is 18.0 Å². The largest absolute Gasteiger partial charge is 0.305 e. The SMILES string of the molecule is CCNC(c1cnccn1)c1ccc(F)c(F)c1F. The average Bonchev–Trinajstić information content (AvgIpc) is 2.44. The molecule has 0 aliphatic heterocycles. The van der Waals surface area contributed by atoms with Gasteiger partial charge in [-0.15, -0.1) is 0 Å². The van der Waals surface area contributed by atoms with Crippen LogP contribution in [0.15, 0.2) is 30.7 Å². The third-order valence-electron chi connectivity index (χ3n) is 2.66. The minimum atomic E-state index is -1.48. The second kappa shape index (κ2) is 5.79. The van der Waals surface area contributed by atoms with Crippen LogP contribution < -0.4 is 5.32 Å². The number of hydrogen-bond donors (Lipinski definition) is 1. The number of hydrogen-bond acceptors (Lipinski definition) is 3. The van der Waals surface area contributed by atoms with Crippen molar-refractivity contribution < 1.29 is 13.2 Å². The summed E-state index contributed by atoms with van der Waals surface area (Å²) in [6, 6.07) is 1.43. The minimum Gasteiger partial charge on any atom is -0.305 e. The van der Waals surface area contributed by atoms with Gasteiger partial charge in [-0.1, -0.05) is 13.0 Å². The lowest BCUT2D eigenvalue weighted by Gasteiger charge is -2.18. The van der Waals surface area contributed by atoms with Crippen molar-refractivity contribution in [3.05, 3.63) is 59.4 Å². The molecule has 0 bridgehead atoms. The molecule has 0 aliphatic carbocycles. The first-order valence-electron chi connectivity index (χ1n) is 5.77. The predicted molar refractivity (Wildman–Crippen MR) is 63.9 cm³/mol. The molecule has 100 valence electrons. The summed E-state index contributed by atoms with van der Waals surface area (Å²) >= 11 is 0. The second-order valence-electron chi connectivity index (χ2n) is 3.89. The first kappa shape index (κ1) is 13.5. The maximum atomic E-state index is 13.8. The van der Waals surface area contributed by atoms with Crippen molar-refractivity contribution in [3.8, 4) is 0 Å². The van der Waals surface area contributed by atoms with E-state index in [9.17, 15) is 13.2 Å². The quantitative estimate of drug-likeness (QED) is 0.865. The van der Waals surface area contributed by atoms with Crippen molar-refractivity contribution in [1.29, 1.82) is 0 Å². The van der Waals surface area contributed by atoms with E-state index in [0.717, 1.165) is 6.07 Å². The second-order valence-corrected chi connectivity index (χ2v) is 3.89. The van der Waals surface area contributed by atoms with Gasteiger partial charge in [0.25, 0.3) is 0 Å². The van der Waals surface area contributed by atoms with E-state index in [1.807, 2.05) is 6.92 Å². The highest BCUT2D eigenvalue weighted by Gasteiger charge is 2.22. The molecule has 1 aromatic carbocycles. The summed E-state index contributed by atoms with van der Waals surface area (Å²) in [5.41, 5.74) is 0.440. The number of halogens is 3. The fourth-order valence-corrected chi connectivity index (χ4v) is 1.80. The third kappa shape index (κ3) is 2.73. The van der Waals surface area contributed by atoms with Crippen LogP contribution >= 0.6 is 0 Å². The Bertz CT molecular complexity index is 561. The Kier molecular flexibility index (Phi) is 4.11. The summed E-state index contributed by atoms with van der Waals surface area (Å²) in [7, 11) is 0. The molecule has 1 heterocycles. The number of rotatable bonds is 4. The molecule has 0 saturated heterocycles. The highest BCUT2D eigenvalue weighted by Crippen LogP contribution is 2.25. The smallest absolute Gasteiger partial charge is 0.194 e. The number of aromatic nitrogens is 2. The Morgan fingerprint density at radius 3 is 2.58 bits per heavy atom. The lowest BCUT2D eigenvalue weighted by molar-refractivity contribution is 0.432. The normalized spacial score (nSPS) is 12.4. The zero-order chi connectivity index (χ0) is 13.8. The zero-order valence-electron chi connectivity index (χ0n) is 10.2. The molecule has 0 amide bonds. The van der Waals surface area contributed by atoms with E-state index in [2.05, 4.69) is 15.3 Å². The maximum Gasteiger partial charge on any atom is 0.194 e. The van der Waals surface area contributed by atoms with Crippen LogP contribution in [0, 0.1) is 17.5 Å². The topological polar surface area (TPSA) is 37.8 Å². The summed E-state index contributed by atoms with van der Waals surface area (Å²) < 4.78 is 40.1. The van der Waals surface area contributed by atoms with Gasteiger partial charge in [-0.2, -0.15) is 0 Å². The van der Waals surface area contributed by atoms with E-state index in [0.29, 0.717) is 12.2 Å². The monoisotopic (exact) mass is 267 g/mol. The molecule has 2 rings (SSSR count). The summed E-state index contributed by atoms with van der Waals surface area (Å²) in [4.78, 5) is 7.95. The van der Waals surface area contributed by atoms with Crippen molar-refractivity contribution >= 4 is 0 Å². The van der Waals surface area contributed by atoms with E-state index in [-0.39, 0.29) is 5.56 Å². The zero-order valence-corrected chi connectivity index (χ0v) is 10.2. The molecule has 3 nitrogen and oxygen atoms in total. The van der Waals surface area contributed by atoms with Crippen LogP contribution in [0.4, 0.5) is 13.2 Å². The summed E-state index contributed by atoms with van der Waals surface area (Å²) in [6.45, 7) is 2.33. The van der Waals surface area contributed by atoms with Gasteiger partial charge in [0.2, 0.25) is 0 Å². The Morgan fingerprint density at radius 2 is 1.95 bits per heavy atom. The minimum absolute atomic E-state index is 0.00116. The Hall–Kier alpha value is -1.95. The lowest BCUT2D eigenvalue weighted by Crippen LogP contribution is -2.24. The molecule has 0 spiro atoms. The molecule has 0 fully saturated rings. The van der Waals surface area contributed by atoms with Crippen molar-refractivity contribution in [2.75, 3.05) is 6.54 Å². The highest BCUT2D eigenvalue weighted by molar-refractivity contribution is 5.29. The highest BCUT2D eigenvalue weighted by atomic mass is 19.2.